The predicted molar refractivity (Wildman–Crippen MR) is 266 cm³/mol. The van der Waals surface area contributed by atoms with Gasteiger partial charge in [0.15, 0.2) is 0 Å². The van der Waals surface area contributed by atoms with E-state index >= 15 is 0 Å². The number of hydrogen-bond donors (Lipinski definition) is 0. The van der Waals surface area contributed by atoms with Gasteiger partial charge in [-0.25, -0.2) is 0 Å². The van der Waals surface area contributed by atoms with Gasteiger partial charge in [0, 0.05) is 50.3 Å². The zero-order chi connectivity index (χ0) is 42.0. The summed E-state index contributed by atoms with van der Waals surface area (Å²) in [5.74, 6) is 0.660. The Morgan fingerprint density at radius 3 is 1.46 bits per heavy atom. The Kier molecular flexibility index (Phi) is 10.6. The molecule has 2 saturated carbocycles. The van der Waals surface area contributed by atoms with Crippen LogP contribution in [0.25, 0.3) is 27.5 Å². The van der Waals surface area contributed by atoms with Gasteiger partial charge in [0.1, 0.15) is 0 Å². The number of rotatable bonds is 10. The van der Waals surface area contributed by atoms with Crippen molar-refractivity contribution in [3.05, 3.63) is 223 Å². The molecule has 3 heteroatoms. The molecular weight excluding hydrogens is 763 g/mol. The van der Waals surface area contributed by atoms with Crippen molar-refractivity contribution in [1.82, 2.24) is 4.57 Å². The molecule has 0 radical (unpaired) electrons. The first-order valence-corrected chi connectivity index (χ1v) is 23.3. The molecule has 0 amide bonds. The standard InChI is InChI=1S/C60H55N3/c1-6-19-45(20-7-1)46-31-37-53(38-32-46)62(57-29-18-30-58-59(57)55-27-14-15-28-56(55)63(58)51-25-12-4-13-26-51)54-41-35-48(36-42-54)60(43-16-5-17-44-60)47-33-39-52(40-34-47)61(49-21-8-2-9-22-49)50-23-10-3-11-24-50/h2-4,8-15,18,21-42,45H,1,5-7,16-17,19-20,43-44H2. The molecule has 63 heavy (non-hydrogen) atoms. The lowest BCUT2D eigenvalue weighted by molar-refractivity contribution is 0.346. The zero-order valence-corrected chi connectivity index (χ0v) is 36.1. The highest BCUT2D eigenvalue weighted by atomic mass is 15.2. The summed E-state index contributed by atoms with van der Waals surface area (Å²) < 4.78 is 2.43. The lowest BCUT2D eigenvalue weighted by Gasteiger charge is -2.39. The molecule has 2 aliphatic rings. The van der Waals surface area contributed by atoms with Gasteiger partial charge in [0.25, 0.3) is 0 Å². The van der Waals surface area contributed by atoms with Gasteiger partial charge < -0.3 is 14.4 Å². The molecule has 3 nitrogen and oxygen atoms in total. The van der Waals surface area contributed by atoms with Gasteiger partial charge in [-0.15, -0.1) is 0 Å². The highest BCUT2D eigenvalue weighted by Gasteiger charge is 2.36. The molecule has 0 N–H and O–H groups in total. The molecule has 0 spiro atoms. The summed E-state index contributed by atoms with van der Waals surface area (Å²) >= 11 is 0. The summed E-state index contributed by atoms with van der Waals surface area (Å²) in [6, 6.07) is 76.8. The number of nitrogens with zero attached hydrogens (tertiary/aromatic N) is 3. The van der Waals surface area contributed by atoms with Crippen LogP contribution in [-0.2, 0) is 5.41 Å². The van der Waals surface area contributed by atoms with E-state index in [-0.39, 0.29) is 5.41 Å². The molecule has 310 valence electrons. The maximum absolute atomic E-state index is 2.52. The van der Waals surface area contributed by atoms with E-state index < -0.39 is 0 Å². The second kappa shape index (κ2) is 17.1. The van der Waals surface area contributed by atoms with E-state index in [0.29, 0.717) is 5.92 Å². The molecule has 0 bridgehead atoms. The van der Waals surface area contributed by atoms with Gasteiger partial charge in [0.05, 0.1) is 16.7 Å². The van der Waals surface area contributed by atoms with Crippen LogP contribution < -0.4 is 9.80 Å². The minimum absolute atomic E-state index is 0.0464. The van der Waals surface area contributed by atoms with Crippen molar-refractivity contribution >= 4 is 55.9 Å². The molecule has 8 aromatic carbocycles. The first-order chi connectivity index (χ1) is 31.2. The summed E-state index contributed by atoms with van der Waals surface area (Å²) in [7, 11) is 0. The topological polar surface area (TPSA) is 11.4 Å². The maximum Gasteiger partial charge on any atom is 0.0562 e. The second-order valence-electron chi connectivity index (χ2n) is 17.9. The van der Waals surface area contributed by atoms with Crippen molar-refractivity contribution in [1.29, 1.82) is 0 Å². The molecule has 2 aliphatic carbocycles. The van der Waals surface area contributed by atoms with Gasteiger partial charge >= 0.3 is 0 Å². The van der Waals surface area contributed by atoms with Crippen LogP contribution in [0.2, 0.25) is 0 Å². The van der Waals surface area contributed by atoms with Crippen LogP contribution in [0, 0.1) is 0 Å². The Morgan fingerprint density at radius 1 is 0.381 bits per heavy atom. The third-order valence-corrected chi connectivity index (χ3v) is 14.3. The molecule has 9 aromatic rings. The molecule has 2 fully saturated rings. The van der Waals surface area contributed by atoms with Crippen molar-refractivity contribution in [2.75, 3.05) is 9.80 Å². The Morgan fingerprint density at radius 2 is 0.857 bits per heavy atom. The van der Waals surface area contributed by atoms with E-state index in [1.807, 2.05) is 0 Å². The van der Waals surface area contributed by atoms with E-state index in [4.69, 9.17) is 0 Å². The van der Waals surface area contributed by atoms with Crippen LogP contribution in [0.3, 0.4) is 0 Å². The first kappa shape index (κ1) is 39.0. The maximum atomic E-state index is 2.52. The Bertz CT molecular complexity index is 2880. The minimum Gasteiger partial charge on any atom is -0.311 e. The molecule has 0 unspecified atom stereocenters. The van der Waals surface area contributed by atoms with Gasteiger partial charge in [-0.2, -0.15) is 0 Å². The molecule has 0 atom stereocenters. The van der Waals surface area contributed by atoms with Crippen molar-refractivity contribution in [3.63, 3.8) is 0 Å². The van der Waals surface area contributed by atoms with Crippen LogP contribution in [0.4, 0.5) is 34.1 Å². The van der Waals surface area contributed by atoms with Gasteiger partial charge in [0.2, 0.25) is 0 Å². The van der Waals surface area contributed by atoms with E-state index in [1.54, 1.807) is 0 Å². The molecule has 0 aliphatic heterocycles. The third kappa shape index (κ3) is 7.30. The number of aromatic nitrogens is 1. The number of para-hydroxylation sites is 4. The SMILES string of the molecule is c1ccc(N(c2ccccc2)c2ccc(C3(c4ccc(N(c5ccc(C6CCCCC6)cc5)c5cccc6c5c5ccccc5n6-c5ccccc5)cc4)CCCCC3)cc2)cc1. The number of anilines is 6. The average Bonchev–Trinajstić information content (AvgIpc) is 3.71. The molecule has 0 saturated heterocycles. The first-order valence-electron chi connectivity index (χ1n) is 23.3. The summed E-state index contributed by atoms with van der Waals surface area (Å²) in [4.78, 5) is 4.88. The summed E-state index contributed by atoms with van der Waals surface area (Å²) in [6.45, 7) is 0. The van der Waals surface area contributed by atoms with Crippen molar-refractivity contribution in [2.24, 2.45) is 0 Å². The quantitative estimate of drug-likeness (QED) is 0.136. The molecule has 11 rings (SSSR count). The summed E-state index contributed by atoms with van der Waals surface area (Å²) in [6.07, 6.45) is 12.7. The second-order valence-corrected chi connectivity index (χ2v) is 17.9. The number of benzene rings is 8. The average molecular weight is 818 g/mol. The number of hydrogen-bond acceptors (Lipinski definition) is 2. The lowest BCUT2D eigenvalue weighted by Crippen LogP contribution is -2.30. The van der Waals surface area contributed by atoms with E-state index in [1.165, 1.54) is 118 Å². The van der Waals surface area contributed by atoms with Crippen molar-refractivity contribution < 1.29 is 0 Å². The van der Waals surface area contributed by atoms with Crippen LogP contribution in [0.1, 0.15) is 86.8 Å². The Labute approximate surface area is 372 Å². The monoisotopic (exact) mass is 817 g/mol. The smallest absolute Gasteiger partial charge is 0.0562 e. The highest BCUT2D eigenvalue weighted by Crippen LogP contribution is 2.49. The van der Waals surface area contributed by atoms with Crippen LogP contribution in [-0.4, -0.2) is 4.57 Å². The van der Waals surface area contributed by atoms with Crippen LogP contribution in [0.5, 0.6) is 0 Å². The largest absolute Gasteiger partial charge is 0.311 e. The van der Waals surface area contributed by atoms with E-state index in [9.17, 15) is 0 Å². The summed E-state index contributed by atoms with van der Waals surface area (Å²) in [5.41, 5.74) is 14.9. The van der Waals surface area contributed by atoms with Gasteiger partial charge in [-0.3, -0.25) is 0 Å². The Hall–Kier alpha value is -6.84. The predicted octanol–water partition coefficient (Wildman–Crippen LogP) is 17.0. The fourth-order valence-corrected chi connectivity index (χ4v) is 11.2. The van der Waals surface area contributed by atoms with Gasteiger partial charge in [-0.05, 0) is 139 Å². The molecule has 1 heterocycles. The summed E-state index contributed by atoms with van der Waals surface area (Å²) in [5, 5.41) is 2.52. The number of fused-ring (bicyclic) bond motifs is 3. The minimum atomic E-state index is -0.0464. The van der Waals surface area contributed by atoms with Gasteiger partial charge in [-0.1, -0.05) is 154 Å². The Balaban J connectivity index is 1.02. The van der Waals surface area contributed by atoms with Crippen LogP contribution >= 0.6 is 0 Å². The van der Waals surface area contributed by atoms with Crippen molar-refractivity contribution in [2.45, 2.75) is 75.5 Å². The molecular formula is C60H55N3. The van der Waals surface area contributed by atoms with E-state index in [0.717, 1.165) is 24.2 Å². The lowest BCUT2D eigenvalue weighted by atomic mass is 9.65. The fourth-order valence-electron chi connectivity index (χ4n) is 11.2. The zero-order valence-electron chi connectivity index (χ0n) is 36.1. The normalized spacial score (nSPS) is 15.4. The third-order valence-electron chi connectivity index (χ3n) is 14.3. The highest BCUT2D eigenvalue weighted by molar-refractivity contribution is 6.16. The van der Waals surface area contributed by atoms with Crippen molar-refractivity contribution in [3.8, 4) is 5.69 Å². The van der Waals surface area contributed by atoms with E-state index in [2.05, 4.69) is 221 Å². The fraction of sp³-hybridized carbons (Fsp3) is 0.200. The van der Waals surface area contributed by atoms with Crippen LogP contribution in [0.15, 0.2) is 206 Å². The molecule has 1 aromatic heterocycles.